The zero-order valence-electron chi connectivity index (χ0n) is 11.0. The van der Waals surface area contributed by atoms with E-state index in [0.717, 1.165) is 19.4 Å². The molecule has 98 valence electrons. The second-order valence-corrected chi connectivity index (χ2v) is 5.26. The number of aryl methyl sites for hydroxylation is 1. The third kappa shape index (κ3) is 2.96. The number of phenols is 1. The molecule has 0 aromatic heterocycles. The second-order valence-electron chi connectivity index (χ2n) is 5.26. The second kappa shape index (κ2) is 5.45. The van der Waals surface area contributed by atoms with Gasteiger partial charge >= 0.3 is 0 Å². The smallest absolute Gasteiger partial charge is 0.115 e. The van der Waals surface area contributed by atoms with Crippen LogP contribution in [0.4, 0.5) is 0 Å². The average Bonchev–Trinajstić information content (AvgIpc) is 2.46. The van der Waals surface area contributed by atoms with Gasteiger partial charge < -0.3 is 10.4 Å². The number of hydrogen-bond donors (Lipinski definition) is 2. The number of fused-ring (bicyclic) bond motifs is 1. The normalized spacial score (nSPS) is 18.0. The molecular formula is C17H19NO. The van der Waals surface area contributed by atoms with E-state index in [0.29, 0.717) is 11.8 Å². The van der Waals surface area contributed by atoms with Crippen LogP contribution in [0.15, 0.2) is 48.5 Å². The van der Waals surface area contributed by atoms with Crippen LogP contribution in [0.25, 0.3) is 0 Å². The van der Waals surface area contributed by atoms with E-state index in [4.69, 9.17) is 0 Å². The Hall–Kier alpha value is -1.80. The van der Waals surface area contributed by atoms with Gasteiger partial charge in [-0.25, -0.2) is 0 Å². The van der Waals surface area contributed by atoms with Crippen molar-refractivity contribution in [1.82, 2.24) is 5.32 Å². The third-order valence-electron chi connectivity index (χ3n) is 3.86. The number of phenolic OH excluding ortho intramolecular Hbond substituents is 1. The van der Waals surface area contributed by atoms with Crippen molar-refractivity contribution < 1.29 is 5.11 Å². The van der Waals surface area contributed by atoms with Gasteiger partial charge in [0, 0.05) is 12.6 Å². The number of benzene rings is 2. The molecular weight excluding hydrogens is 234 g/mol. The Labute approximate surface area is 114 Å². The fourth-order valence-electron chi connectivity index (χ4n) is 2.78. The fourth-order valence-corrected chi connectivity index (χ4v) is 2.78. The molecule has 1 atom stereocenters. The summed E-state index contributed by atoms with van der Waals surface area (Å²) < 4.78 is 0. The molecule has 0 saturated heterocycles. The lowest BCUT2D eigenvalue weighted by molar-refractivity contribution is 0.449. The highest BCUT2D eigenvalue weighted by atomic mass is 16.3. The van der Waals surface area contributed by atoms with Crippen LogP contribution in [0.5, 0.6) is 5.75 Å². The van der Waals surface area contributed by atoms with Gasteiger partial charge in [0.1, 0.15) is 5.75 Å². The summed E-state index contributed by atoms with van der Waals surface area (Å²) in [6.45, 7) is 0.916. The standard InChI is InChI=1S/C17H19NO/c19-17-9-7-14-6-8-16(10-15(14)11-17)18-12-13-4-2-1-3-5-13/h1-5,7,9,11,16,18-19H,6,8,10,12H2/t16-/m0/s1. The summed E-state index contributed by atoms with van der Waals surface area (Å²) in [6.07, 6.45) is 3.28. The summed E-state index contributed by atoms with van der Waals surface area (Å²) in [4.78, 5) is 0. The van der Waals surface area contributed by atoms with Crippen molar-refractivity contribution in [2.24, 2.45) is 0 Å². The molecule has 0 radical (unpaired) electrons. The maximum Gasteiger partial charge on any atom is 0.115 e. The van der Waals surface area contributed by atoms with Crippen LogP contribution in [0.1, 0.15) is 23.1 Å². The molecule has 1 aliphatic rings. The topological polar surface area (TPSA) is 32.3 Å². The van der Waals surface area contributed by atoms with E-state index in [-0.39, 0.29) is 0 Å². The first-order valence-electron chi connectivity index (χ1n) is 6.89. The highest BCUT2D eigenvalue weighted by Crippen LogP contribution is 2.25. The Bertz CT molecular complexity index is 550. The first kappa shape index (κ1) is 12.2. The van der Waals surface area contributed by atoms with Gasteiger partial charge in [-0.15, -0.1) is 0 Å². The largest absolute Gasteiger partial charge is 0.508 e. The molecule has 2 N–H and O–H groups in total. The summed E-state index contributed by atoms with van der Waals surface area (Å²) in [7, 11) is 0. The van der Waals surface area contributed by atoms with Gasteiger partial charge in [-0.05, 0) is 48.1 Å². The molecule has 0 unspecified atom stereocenters. The summed E-state index contributed by atoms with van der Waals surface area (Å²) in [5, 5.41) is 13.2. The Kier molecular flexibility index (Phi) is 3.51. The van der Waals surface area contributed by atoms with Crippen LogP contribution < -0.4 is 5.32 Å². The minimum Gasteiger partial charge on any atom is -0.508 e. The van der Waals surface area contributed by atoms with E-state index in [1.54, 1.807) is 6.07 Å². The monoisotopic (exact) mass is 253 g/mol. The molecule has 0 spiro atoms. The maximum atomic E-state index is 9.56. The van der Waals surface area contributed by atoms with Crippen molar-refractivity contribution in [1.29, 1.82) is 0 Å². The van der Waals surface area contributed by atoms with Gasteiger partial charge in [0.25, 0.3) is 0 Å². The molecule has 0 bridgehead atoms. The molecule has 2 aromatic rings. The molecule has 2 heteroatoms. The van der Waals surface area contributed by atoms with Gasteiger partial charge in [-0.2, -0.15) is 0 Å². The van der Waals surface area contributed by atoms with Gasteiger partial charge in [0.2, 0.25) is 0 Å². The van der Waals surface area contributed by atoms with Gasteiger partial charge in [-0.1, -0.05) is 36.4 Å². The number of nitrogens with one attached hydrogen (secondary N) is 1. The highest BCUT2D eigenvalue weighted by molar-refractivity contribution is 5.37. The Morgan fingerprint density at radius 1 is 1.05 bits per heavy atom. The van der Waals surface area contributed by atoms with Crippen molar-refractivity contribution in [2.45, 2.75) is 31.8 Å². The van der Waals surface area contributed by atoms with E-state index in [1.165, 1.54) is 23.1 Å². The zero-order chi connectivity index (χ0) is 13.1. The third-order valence-corrected chi connectivity index (χ3v) is 3.86. The van der Waals surface area contributed by atoms with Crippen LogP contribution in [0, 0.1) is 0 Å². The summed E-state index contributed by atoms with van der Waals surface area (Å²) in [5.41, 5.74) is 4.00. The van der Waals surface area contributed by atoms with Crippen molar-refractivity contribution in [3.05, 3.63) is 65.2 Å². The zero-order valence-corrected chi connectivity index (χ0v) is 11.0. The number of hydrogen-bond acceptors (Lipinski definition) is 2. The molecule has 0 fully saturated rings. The predicted octanol–water partition coefficient (Wildman–Crippen LogP) is 3.04. The van der Waals surface area contributed by atoms with E-state index in [1.807, 2.05) is 12.1 Å². The lowest BCUT2D eigenvalue weighted by atomic mass is 9.88. The molecule has 0 heterocycles. The lowest BCUT2D eigenvalue weighted by Crippen LogP contribution is -2.34. The summed E-state index contributed by atoms with van der Waals surface area (Å²) in [6, 6.07) is 16.7. The summed E-state index contributed by atoms with van der Waals surface area (Å²) in [5.74, 6) is 0.377. The maximum absolute atomic E-state index is 9.56. The summed E-state index contributed by atoms with van der Waals surface area (Å²) >= 11 is 0. The van der Waals surface area contributed by atoms with Crippen molar-refractivity contribution >= 4 is 0 Å². The van der Waals surface area contributed by atoms with Gasteiger partial charge in [0.15, 0.2) is 0 Å². The van der Waals surface area contributed by atoms with Crippen molar-refractivity contribution in [3.8, 4) is 5.75 Å². The Morgan fingerprint density at radius 3 is 2.74 bits per heavy atom. The molecule has 2 nitrogen and oxygen atoms in total. The number of aromatic hydroxyl groups is 1. The van der Waals surface area contributed by atoms with Crippen LogP contribution in [-0.4, -0.2) is 11.1 Å². The minimum atomic E-state index is 0.377. The van der Waals surface area contributed by atoms with Crippen LogP contribution in [-0.2, 0) is 19.4 Å². The molecule has 3 rings (SSSR count). The van der Waals surface area contributed by atoms with Gasteiger partial charge in [0.05, 0.1) is 0 Å². The van der Waals surface area contributed by atoms with E-state index in [9.17, 15) is 5.11 Å². The first-order valence-corrected chi connectivity index (χ1v) is 6.89. The first-order chi connectivity index (χ1) is 9.31. The van der Waals surface area contributed by atoms with Crippen LogP contribution in [0.3, 0.4) is 0 Å². The minimum absolute atomic E-state index is 0.377. The Morgan fingerprint density at radius 2 is 1.89 bits per heavy atom. The average molecular weight is 253 g/mol. The Balaban J connectivity index is 1.62. The van der Waals surface area contributed by atoms with Crippen LogP contribution >= 0.6 is 0 Å². The SMILES string of the molecule is Oc1ccc2c(c1)C[C@@H](NCc1ccccc1)CC2. The van der Waals surface area contributed by atoms with E-state index < -0.39 is 0 Å². The van der Waals surface area contributed by atoms with Gasteiger partial charge in [-0.3, -0.25) is 0 Å². The predicted molar refractivity (Wildman–Crippen MR) is 77.2 cm³/mol. The molecule has 0 amide bonds. The molecule has 2 aromatic carbocycles. The quantitative estimate of drug-likeness (QED) is 0.881. The highest BCUT2D eigenvalue weighted by Gasteiger charge is 2.18. The van der Waals surface area contributed by atoms with E-state index in [2.05, 4.69) is 35.6 Å². The van der Waals surface area contributed by atoms with Crippen molar-refractivity contribution in [2.75, 3.05) is 0 Å². The molecule has 0 saturated carbocycles. The molecule has 0 aliphatic heterocycles. The molecule has 1 aliphatic carbocycles. The fraction of sp³-hybridized carbons (Fsp3) is 0.294. The molecule has 19 heavy (non-hydrogen) atoms. The lowest BCUT2D eigenvalue weighted by Gasteiger charge is -2.25. The van der Waals surface area contributed by atoms with E-state index >= 15 is 0 Å². The van der Waals surface area contributed by atoms with Crippen LogP contribution in [0.2, 0.25) is 0 Å². The number of rotatable bonds is 3. The van der Waals surface area contributed by atoms with Crippen molar-refractivity contribution in [3.63, 3.8) is 0 Å².